The van der Waals surface area contributed by atoms with Crippen LogP contribution in [-0.2, 0) is 23.4 Å². The van der Waals surface area contributed by atoms with Crippen molar-refractivity contribution in [2.45, 2.75) is 24.7 Å². The Balaban J connectivity index is 3.07. The Hall–Kier alpha value is -1.71. The molecule has 5 N–H and O–H groups in total. The van der Waals surface area contributed by atoms with Gasteiger partial charge in [0.1, 0.15) is 6.10 Å². The van der Waals surface area contributed by atoms with Crippen LogP contribution in [0.15, 0.2) is 24.0 Å². The minimum atomic E-state index is -5.03. The third-order valence-corrected chi connectivity index (χ3v) is 3.07. The number of hydrogen-bond donors (Lipinski definition) is 5. The van der Waals surface area contributed by atoms with Crippen molar-refractivity contribution < 1.29 is 48.5 Å². The van der Waals surface area contributed by atoms with Gasteiger partial charge in [0.15, 0.2) is 11.9 Å². The van der Waals surface area contributed by atoms with Crippen molar-refractivity contribution in [3.05, 3.63) is 24.0 Å². The van der Waals surface area contributed by atoms with E-state index in [0.717, 1.165) is 6.08 Å². The molecule has 0 amide bonds. The Labute approximate surface area is 118 Å². The lowest BCUT2D eigenvalue weighted by atomic mass is 9.92. The van der Waals surface area contributed by atoms with Crippen molar-refractivity contribution in [3.8, 4) is 0 Å². The standard InChI is InChI=1S/C10H13O10P/c1-4(9(12)13)19-8-6(11)2-5(10(14)15)3-7(8)20-21(16,17)18/h3,6-8,11H,1-2H2,(H,12,13)(H,14,15)(H2,16,17,18). The summed E-state index contributed by atoms with van der Waals surface area (Å²) in [6, 6.07) is 0. The van der Waals surface area contributed by atoms with Crippen LogP contribution in [0.3, 0.4) is 0 Å². The maximum absolute atomic E-state index is 10.9. The summed E-state index contributed by atoms with van der Waals surface area (Å²) >= 11 is 0. The van der Waals surface area contributed by atoms with Crippen LogP contribution >= 0.6 is 7.82 Å². The molecule has 0 heterocycles. The highest BCUT2D eigenvalue weighted by Crippen LogP contribution is 2.41. The van der Waals surface area contributed by atoms with E-state index in [0.29, 0.717) is 0 Å². The number of carboxylic acids is 2. The van der Waals surface area contributed by atoms with Crippen LogP contribution in [0.1, 0.15) is 6.42 Å². The van der Waals surface area contributed by atoms with Gasteiger partial charge in [-0.05, 0) is 12.7 Å². The Morgan fingerprint density at radius 3 is 2.33 bits per heavy atom. The fourth-order valence-corrected chi connectivity index (χ4v) is 2.19. The van der Waals surface area contributed by atoms with Crippen LogP contribution in [0.5, 0.6) is 0 Å². The van der Waals surface area contributed by atoms with Gasteiger partial charge in [0.05, 0.1) is 6.10 Å². The first-order chi connectivity index (χ1) is 9.51. The third-order valence-electron chi connectivity index (χ3n) is 2.55. The first-order valence-electron chi connectivity index (χ1n) is 5.46. The Bertz CT molecular complexity index is 532. The highest BCUT2D eigenvalue weighted by Gasteiger charge is 2.40. The van der Waals surface area contributed by atoms with Crippen molar-refractivity contribution >= 4 is 19.8 Å². The Morgan fingerprint density at radius 1 is 1.33 bits per heavy atom. The molecule has 0 saturated carbocycles. The molecule has 1 rings (SSSR count). The fraction of sp³-hybridized carbons (Fsp3) is 0.400. The summed E-state index contributed by atoms with van der Waals surface area (Å²) in [4.78, 5) is 39.1. The van der Waals surface area contributed by atoms with E-state index in [-0.39, 0.29) is 5.57 Å². The van der Waals surface area contributed by atoms with Gasteiger partial charge in [-0.1, -0.05) is 0 Å². The van der Waals surface area contributed by atoms with Gasteiger partial charge in [-0.2, -0.15) is 0 Å². The van der Waals surface area contributed by atoms with Gasteiger partial charge in [0.25, 0.3) is 0 Å². The van der Waals surface area contributed by atoms with E-state index in [1.165, 1.54) is 0 Å². The number of ether oxygens (including phenoxy) is 1. The first kappa shape index (κ1) is 17.3. The van der Waals surface area contributed by atoms with E-state index in [2.05, 4.69) is 11.1 Å². The molecule has 0 saturated heterocycles. The molecule has 11 heteroatoms. The zero-order chi connectivity index (χ0) is 16.4. The lowest BCUT2D eigenvalue weighted by molar-refractivity contribution is -0.142. The highest BCUT2D eigenvalue weighted by molar-refractivity contribution is 7.46. The summed E-state index contributed by atoms with van der Waals surface area (Å²) in [6.07, 6.45) is -4.29. The van der Waals surface area contributed by atoms with Crippen molar-refractivity contribution in [2.75, 3.05) is 0 Å². The zero-order valence-corrected chi connectivity index (χ0v) is 11.3. The fourth-order valence-electron chi connectivity index (χ4n) is 1.69. The van der Waals surface area contributed by atoms with Gasteiger partial charge in [-0.15, -0.1) is 0 Å². The molecule has 0 aromatic rings. The summed E-state index contributed by atoms with van der Waals surface area (Å²) in [7, 11) is -5.03. The molecule has 0 fully saturated rings. The molecular formula is C10H13O10P. The van der Waals surface area contributed by atoms with Crippen molar-refractivity contribution in [1.82, 2.24) is 0 Å². The van der Waals surface area contributed by atoms with Gasteiger partial charge in [-0.25, -0.2) is 14.2 Å². The smallest absolute Gasteiger partial charge is 0.470 e. The lowest BCUT2D eigenvalue weighted by Crippen LogP contribution is -2.44. The first-order valence-corrected chi connectivity index (χ1v) is 6.99. The molecule has 0 aromatic heterocycles. The minimum absolute atomic E-state index is 0.346. The molecule has 118 valence electrons. The van der Waals surface area contributed by atoms with E-state index in [9.17, 15) is 19.3 Å². The van der Waals surface area contributed by atoms with E-state index in [4.69, 9.17) is 24.7 Å². The molecule has 21 heavy (non-hydrogen) atoms. The molecule has 0 aliphatic heterocycles. The van der Waals surface area contributed by atoms with Crippen LogP contribution in [0.4, 0.5) is 0 Å². The maximum atomic E-state index is 10.9. The van der Waals surface area contributed by atoms with Crippen LogP contribution < -0.4 is 0 Å². The van der Waals surface area contributed by atoms with Gasteiger partial charge >= 0.3 is 19.8 Å². The minimum Gasteiger partial charge on any atom is -0.478 e. The number of aliphatic hydroxyl groups excluding tert-OH is 1. The molecule has 3 unspecified atom stereocenters. The molecule has 0 radical (unpaired) electrons. The average molecular weight is 324 g/mol. The molecule has 1 aliphatic rings. The second kappa shape index (κ2) is 6.37. The molecule has 10 nitrogen and oxygen atoms in total. The molecule has 0 aromatic carbocycles. The SMILES string of the molecule is C=C(OC1C(O)CC(C(=O)O)=CC1OP(=O)(O)O)C(=O)O. The van der Waals surface area contributed by atoms with Gasteiger partial charge in [0, 0.05) is 12.0 Å². The van der Waals surface area contributed by atoms with Gasteiger partial charge in [0.2, 0.25) is 0 Å². The zero-order valence-electron chi connectivity index (χ0n) is 10.4. The number of carboxylic acid groups (broad SMARTS) is 2. The summed E-state index contributed by atoms with van der Waals surface area (Å²) in [6.45, 7) is 3.05. The summed E-state index contributed by atoms with van der Waals surface area (Å²) < 4.78 is 20.0. The lowest BCUT2D eigenvalue weighted by Gasteiger charge is -2.33. The van der Waals surface area contributed by atoms with Crippen LogP contribution in [0, 0.1) is 0 Å². The Kier molecular flexibility index (Phi) is 5.26. The largest absolute Gasteiger partial charge is 0.478 e. The molecule has 3 atom stereocenters. The van der Waals surface area contributed by atoms with Gasteiger partial charge in [-0.3, -0.25) is 4.52 Å². The average Bonchev–Trinajstić information content (AvgIpc) is 2.30. The normalized spacial score (nSPS) is 25.9. The predicted molar refractivity (Wildman–Crippen MR) is 64.9 cm³/mol. The topological polar surface area (TPSA) is 171 Å². The second-order valence-electron chi connectivity index (χ2n) is 4.14. The van der Waals surface area contributed by atoms with E-state index >= 15 is 0 Å². The van der Waals surface area contributed by atoms with Crippen molar-refractivity contribution in [3.63, 3.8) is 0 Å². The maximum Gasteiger partial charge on any atom is 0.470 e. The van der Waals surface area contributed by atoms with E-state index in [1.54, 1.807) is 0 Å². The van der Waals surface area contributed by atoms with Gasteiger partial charge < -0.3 is 29.8 Å². The van der Waals surface area contributed by atoms with Crippen LogP contribution in [0.25, 0.3) is 0 Å². The van der Waals surface area contributed by atoms with Crippen molar-refractivity contribution in [2.24, 2.45) is 0 Å². The van der Waals surface area contributed by atoms with E-state index < -0.39 is 50.3 Å². The summed E-state index contributed by atoms with van der Waals surface area (Å²) in [5, 5.41) is 27.3. The van der Waals surface area contributed by atoms with Crippen LogP contribution in [-0.4, -0.2) is 55.4 Å². The summed E-state index contributed by atoms with van der Waals surface area (Å²) in [5.41, 5.74) is -0.346. The number of phosphoric acid groups is 1. The van der Waals surface area contributed by atoms with E-state index in [1.807, 2.05) is 0 Å². The molecule has 0 bridgehead atoms. The highest BCUT2D eigenvalue weighted by atomic mass is 31.2. The summed E-state index contributed by atoms with van der Waals surface area (Å²) in [5.74, 6) is -3.75. The number of carbonyl (C=O) groups is 2. The third kappa shape index (κ3) is 4.96. The predicted octanol–water partition coefficient (Wildman–Crippen LogP) is -0.777. The van der Waals surface area contributed by atoms with Crippen molar-refractivity contribution in [1.29, 1.82) is 0 Å². The number of aliphatic carboxylic acids is 2. The number of phosphoric ester groups is 1. The molecule has 1 aliphatic carbocycles. The monoisotopic (exact) mass is 324 g/mol. The Morgan fingerprint density at radius 2 is 1.90 bits per heavy atom. The number of hydrogen-bond acceptors (Lipinski definition) is 6. The molecule has 0 spiro atoms. The number of aliphatic hydroxyl groups is 1. The second-order valence-corrected chi connectivity index (χ2v) is 5.33. The van der Waals surface area contributed by atoms with Crippen LogP contribution in [0.2, 0.25) is 0 Å². The quantitative estimate of drug-likeness (QED) is 0.237. The molecular weight excluding hydrogens is 311 g/mol. The number of rotatable bonds is 6.